The Hall–Kier alpha value is -8.93. The Labute approximate surface area is 402 Å². The van der Waals surface area contributed by atoms with E-state index in [2.05, 4.69) is 281 Å². The van der Waals surface area contributed by atoms with Crippen LogP contribution in [0.5, 0.6) is 0 Å². The van der Waals surface area contributed by atoms with Crippen LogP contribution in [0.4, 0.5) is 34.1 Å². The van der Waals surface area contributed by atoms with Crippen LogP contribution >= 0.6 is 0 Å². The van der Waals surface area contributed by atoms with Gasteiger partial charge in [-0.25, -0.2) is 4.98 Å². The fourth-order valence-electron chi connectivity index (χ4n) is 10.7. The Balaban J connectivity index is 0.939. The molecule has 12 aromatic rings. The van der Waals surface area contributed by atoms with Crippen LogP contribution in [0.3, 0.4) is 0 Å². The number of nitrogens with zero attached hydrogens (tertiary/aromatic N) is 5. The normalized spacial score (nSPS) is 12.6. The minimum atomic E-state index is -0.122. The quantitative estimate of drug-likeness (QED) is 0.145. The summed E-state index contributed by atoms with van der Waals surface area (Å²) in [5.74, 6) is 0.872. The predicted octanol–water partition coefficient (Wildman–Crippen LogP) is 17.0. The van der Waals surface area contributed by atoms with Gasteiger partial charge < -0.3 is 9.80 Å². The zero-order valence-corrected chi connectivity index (χ0v) is 38.4. The van der Waals surface area contributed by atoms with Gasteiger partial charge in [-0.15, -0.1) is 0 Å². The topological polar surface area (TPSA) is 28.7 Å². The van der Waals surface area contributed by atoms with Gasteiger partial charge in [-0.3, -0.25) is 8.97 Å². The minimum Gasteiger partial charge on any atom is -0.310 e. The number of benzene rings is 10. The predicted molar refractivity (Wildman–Crippen MR) is 287 cm³/mol. The first-order chi connectivity index (χ1) is 34.0. The van der Waals surface area contributed by atoms with Crippen LogP contribution in [0.15, 0.2) is 249 Å². The van der Waals surface area contributed by atoms with E-state index in [4.69, 9.17) is 4.98 Å². The second-order valence-corrected chi connectivity index (χ2v) is 18.5. The molecule has 5 nitrogen and oxygen atoms in total. The Morgan fingerprint density at radius 2 is 0.826 bits per heavy atom. The third kappa shape index (κ3) is 6.73. The first-order valence-electron chi connectivity index (χ1n) is 23.7. The van der Waals surface area contributed by atoms with Crippen molar-refractivity contribution in [3.63, 3.8) is 0 Å². The maximum absolute atomic E-state index is 5.33. The number of para-hydroxylation sites is 3. The van der Waals surface area contributed by atoms with Crippen molar-refractivity contribution in [3.05, 3.63) is 260 Å². The number of aromatic nitrogens is 3. The molecule has 13 rings (SSSR count). The SMILES string of the molecule is CC1(C)c2ccccc2-c2ccc(N(c3ccc(-c4ccccc4)cc3)c3ccc(-c4ccc5c(c4)n4c6cc(N(c7ccccc7)c7ccccc7)ccc6nc4n5-c4ccccc4)cc3)cc21. The summed E-state index contributed by atoms with van der Waals surface area (Å²) in [7, 11) is 0. The lowest BCUT2D eigenvalue weighted by Crippen LogP contribution is -2.16. The molecule has 0 unspecified atom stereocenters. The Morgan fingerprint density at radius 3 is 1.48 bits per heavy atom. The van der Waals surface area contributed by atoms with Crippen molar-refractivity contribution in [1.29, 1.82) is 0 Å². The Morgan fingerprint density at radius 1 is 0.348 bits per heavy atom. The largest absolute Gasteiger partial charge is 0.310 e. The number of imidazole rings is 2. The zero-order chi connectivity index (χ0) is 46.1. The van der Waals surface area contributed by atoms with Crippen LogP contribution in [0.2, 0.25) is 0 Å². The van der Waals surface area contributed by atoms with Crippen molar-refractivity contribution < 1.29 is 0 Å². The molecular weight excluding hydrogens is 839 g/mol. The van der Waals surface area contributed by atoms with Crippen molar-refractivity contribution in [2.24, 2.45) is 0 Å². The highest BCUT2D eigenvalue weighted by molar-refractivity contribution is 5.96. The van der Waals surface area contributed by atoms with Gasteiger partial charge in [-0.05, 0) is 148 Å². The second-order valence-electron chi connectivity index (χ2n) is 18.5. The van der Waals surface area contributed by atoms with Crippen LogP contribution in [0.1, 0.15) is 25.0 Å². The number of hydrogen-bond acceptors (Lipinski definition) is 3. The molecule has 0 radical (unpaired) electrons. The maximum atomic E-state index is 5.33. The summed E-state index contributed by atoms with van der Waals surface area (Å²) in [5.41, 5.74) is 21.7. The van der Waals surface area contributed by atoms with E-state index in [1.807, 2.05) is 0 Å². The van der Waals surface area contributed by atoms with Gasteiger partial charge >= 0.3 is 0 Å². The van der Waals surface area contributed by atoms with Crippen molar-refractivity contribution >= 4 is 62.0 Å². The van der Waals surface area contributed by atoms with E-state index >= 15 is 0 Å². The van der Waals surface area contributed by atoms with Crippen molar-refractivity contribution in [1.82, 2.24) is 14.0 Å². The van der Waals surface area contributed by atoms with Gasteiger partial charge in [0.05, 0.1) is 22.1 Å². The van der Waals surface area contributed by atoms with Gasteiger partial charge in [0.15, 0.2) is 0 Å². The number of rotatable bonds is 9. The molecule has 2 heterocycles. The highest BCUT2D eigenvalue weighted by Gasteiger charge is 2.36. The molecule has 0 N–H and O–H groups in total. The Kier molecular flexibility index (Phi) is 9.44. The molecule has 0 bridgehead atoms. The van der Waals surface area contributed by atoms with Crippen molar-refractivity contribution in [3.8, 4) is 39.1 Å². The summed E-state index contributed by atoms with van der Waals surface area (Å²) >= 11 is 0. The molecule has 0 amide bonds. The van der Waals surface area contributed by atoms with Gasteiger partial charge in [0, 0.05) is 45.2 Å². The zero-order valence-electron chi connectivity index (χ0n) is 38.4. The lowest BCUT2D eigenvalue weighted by Gasteiger charge is -2.28. The molecule has 1 aliphatic rings. The molecule has 0 aliphatic heterocycles. The molecule has 0 saturated carbocycles. The van der Waals surface area contributed by atoms with Crippen molar-refractivity contribution in [2.45, 2.75) is 19.3 Å². The highest BCUT2D eigenvalue weighted by Crippen LogP contribution is 2.51. The van der Waals surface area contributed by atoms with Crippen LogP contribution in [0.25, 0.3) is 66.9 Å². The molecule has 69 heavy (non-hydrogen) atoms. The van der Waals surface area contributed by atoms with Crippen LogP contribution in [0, 0.1) is 0 Å². The van der Waals surface area contributed by atoms with Crippen LogP contribution in [-0.2, 0) is 5.41 Å². The maximum Gasteiger partial charge on any atom is 0.220 e. The van der Waals surface area contributed by atoms with Crippen LogP contribution < -0.4 is 9.80 Å². The van der Waals surface area contributed by atoms with E-state index in [-0.39, 0.29) is 5.41 Å². The van der Waals surface area contributed by atoms with E-state index in [1.54, 1.807) is 0 Å². The first kappa shape index (κ1) is 40.4. The summed E-state index contributed by atoms with van der Waals surface area (Å²) in [6, 6.07) is 89.7. The molecule has 0 atom stereocenters. The summed E-state index contributed by atoms with van der Waals surface area (Å²) in [6.07, 6.45) is 0. The molecule has 10 aromatic carbocycles. The second kappa shape index (κ2) is 16.1. The van der Waals surface area contributed by atoms with Gasteiger partial charge in [-0.1, -0.05) is 159 Å². The number of hydrogen-bond donors (Lipinski definition) is 0. The molecular formula is C64H47N5. The standard InChI is InChI=1S/C64H47N5/c1-64(2)57-26-16-15-25-55(57)56-38-36-53(42-58(56)64)67(51-32-27-45(28-33-51)44-17-7-3-8-18-44)52-34-29-46(30-35-52)47-31-40-60-62(41-47)69-61-43-54(66(48-19-9-4-10-20-48)49-21-11-5-12-22-49)37-39-59(61)65-63(69)68(60)50-23-13-6-14-24-50/h3-43H,1-2H3. The Bertz CT molecular complexity index is 3800. The van der Waals surface area contributed by atoms with Gasteiger partial charge in [0.25, 0.3) is 0 Å². The lowest BCUT2D eigenvalue weighted by molar-refractivity contribution is 0.660. The molecule has 2 aromatic heterocycles. The summed E-state index contributed by atoms with van der Waals surface area (Å²) in [5, 5.41) is 0. The molecule has 328 valence electrons. The van der Waals surface area contributed by atoms with E-state index in [0.29, 0.717) is 0 Å². The van der Waals surface area contributed by atoms with E-state index in [0.717, 1.165) is 78.8 Å². The first-order valence-corrected chi connectivity index (χ1v) is 23.7. The van der Waals surface area contributed by atoms with Crippen LogP contribution in [-0.4, -0.2) is 14.0 Å². The van der Waals surface area contributed by atoms with Gasteiger partial charge in [-0.2, -0.15) is 0 Å². The monoisotopic (exact) mass is 885 g/mol. The van der Waals surface area contributed by atoms with E-state index in [1.165, 1.54) is 33.4 Å². The summed E-state index contributed by atoms with van der Waals surface area (Å²) < 4.78 is 4.62. The highest BCUT2D eigenvalue weighted by atomic mass is 15.2. The smallest absolute Gasteiger partial charge is 0.220 e. The fourth-order valence-corrected chi connectivity index (χ4v) is 10.7. The third-order valence-corrected chi connectivity index (χ3v) is 14.1. The molecule has 0 saturated heterocycles. The number of fused-ring (bicyclic) bond motifs is 8. The average molecular weight is 886 g/mol. The molecule has 0 fully saturated rings. The fraction of sp³-hybridized carbons (Fsp3) is 0.0469. The van der Waals surface area contributed by atoms with E-state index in [9.17, 15) is 0 Å². The minimum absolute atomic E-state index is 0.122. The summed E-state index contributed by atoms with van der Waals surface area (Å²) in [4.78, 5) is 10.0. The third-order valence-electron chi connectivity index (χ3n) is 14.1. The average Bonchev–Trinajstić information content (AvgIpc) is 4.02. The van der Waals surface area contributed by atoms with E-state index < -0.39 is 0 Å². The molecule has 1 aliphatic carbocycles. The lowest BCUT2D eigenvalue weighted by atomic mass is 9.82. The molecule has 5 heteroatoms. The molecule has 0 spiro atoms. The summed E-state index contributed by atoms with van der Waals surface area (Å²) in [6.45, 7) is 4.70. The van der Waals surface area contributed by atoms with Crippen molar-refractivity contribution in [2.75, 3.05) is 9.80 Å². The van der Waals surface area contributed by atoms with Gasteiger partial charge in [0.1, 0.15) is 0 Å². The van der Waals surface area contributed by atoms with Gasteiger partial charge in [0.2, 0.25) is 5.78 Å². The number of anilines is 6.